The lowest BCUT2D eigenvalue weighted by molar-refractivity contribution is -0.129. The van der Waals surface area contributed by atoms with Crippen molar-refractivity contribution >= 4 is 17.9 Å². The molecule has 0 heterocycles. The highest BCUT2D eigenvalue weighted by atomic mass is 19.2. The minimum atomic E-state index is -0.777. The maximum atomic E-state index is 12.9. The molecule has 0 aliphatic carbocycles. The van der Waals surface area contributed by atoms with Crippen LogP contribution in [-0.2, 0) is 16.0 Å². The molecule has 0 spiro atoms. The Labute approximate surface area is 210 Å². The molecule has 35 heavy (non-hydrogen) atoms. The number of Topliss-reactive ketones (excluding diaryl/α,β-unsaturated/α-hetero) is 1. The van der Waals surface area contributed by atoms with E-state index in [0.29, 0.717) is 39.0 Å². The van der Waals surface area contributed by atoms with Gasteiger partial charge in [0.1, 0.15) is 12.4 Å². The number of hydrogen-bond acceptors (Lipinski definition) is 6. The number of ketones is 1. The zero-order valence-corrected chi connectivity index (χ0v) is 22.6. The van der Waals surface area contributed by atoms with Gasteiger partial charge in [0.25, 0.3) is 0 Å². The number of benzene rings is 1. The largest absolute Gasteiger partial charge is 0.492 e. The molecule has 0 radical (unpaired) electrons. The van der Waals surface area contributed by atoms with Gasteiger partial charge in [0, 0.05) is 44.2 Å². The van der Waals surface area contributed by atoms with Gasteiger partial charge in [-0.2, -0.15) is 0 Å². The Morgan fingerprint density at radius 3 is 2.31 bits per heavy atom. The third-order valence-corrected chi connectivity index (χ3v) is 5.62. The number of rotatable bonds is 16. The molecule has 2 N–H and O–H groups in total. The summed E-state index contributed by atoms with van der Waals surface area (Å²) in [5.41, 5.74) is 2.79. The Balaban J connectivity index is 2.48. The van der Waals surface area contributed by atoms with Gasteiger partial charge in [-0.15, -0.1) is 10.0 Å². The van der Waals surface area contributed by atoms with E-state index in [1.165, 1.54) is 12.5 Å². The van der Waals surface area contributed by atoms with Gasteiger partial charge in [-0.25, -0.2) is 0 Å². The average molecular weight is 493 g/mol. The number of unbranched alkanes of at least 4 members (excludes halogenated alkanes) is 1. The van der Waals surface area contributed by atoms with Gasteiger partial charge in [-0.1, -0.05) is 26.0 Å². The van der Waals surface area contributed by atoms with E-state index in [1.807, 2.05) is 30.5 Å². The second-order valence-electron chi connectivity index (χ2n) is 10.3. The zero-order chi connectivity index (χ0) is 26.4. The summed E-state index contributed by atoms with van der Waals surface area (Å²) >= 11 is 0. The highest BCUT2D eigenvalue weighted by Crippen LogP contribution is 2.15. The SMILES string of the molecule is CN=CC(Cc1ccc(OCCN(CCCCC(NF)C(=O)C(C)C)C(C)=O)cc1)NC(C)(C)C. The van der Waals surface area contributed by atoms with Crippen LogP contribution in [0.4, 0.5) is 4.48 Å². The molecule has 0 bridgehead atoms. The number of carbonyl (C=O) groups excluding carboxylic acids is 2. The van der Waals surface area contributed by atoms with Gasteiger partial charge < -0.3 is 15.0 Å². The lowest BCUT2D eigenvalue weighted by Crippen LogP contribution is -2.45. The summed E-state index contributed by atoms with van der Waals surface area (Å²) in [7, 11) is 1.78. The molecule has 1 rings (SSSR count). The standard InChI is InChI=1S/C27H45FN4O3/c1-20(2)26(34)25(31-28)10-8-9-15-32(21(3)33)16-17-35-24-13-11-22(12-14-24)18-23(19-29-7)30-27(4,5)6/h11-14,19-20,23,25,30-31H,8-10,15-18H2,1-7H3. The summed E-state index contributed by atoms with van der Waals surface area (Å²) in [6, 6.07) is 7.36. The molecule has 198 valence electrons. The van der Waals surface area contributed by atoms with Crippen molar-refractivity contribution in [1.29, 1.82) is 0 Å². The van der Waals surface area contributed by atoms with Crippen LogP contribution in [0.3, 0.4) is 0 Å². The van der Waals surface area contributed by atoms with Crippen LogP contribution in [-0.4, -0.2) is 67.2 Å². The second kappa shape index (κ2) is 15.6. The first-order valence-corrected chi connectivity index (χ1v) is 12.5. The Morgan fingerprint density at radius 2 is 1.80 bits per heavy atom. The minimum Gasteiger partial charge on any atom is -0.492 e. The van der Waals surface area contributed by atoms with E-state index in [1.54, 1.807) is 31.3 Å². The number of hydrogen-bond donors (Lipinski definition) is 2. The first-order valence-electron chi connectivity index (χ1n) is 12.5. The van der Waals surface area contributed by atoms with Crippen LogP contribution >= 0.6 is 0 Å². The Morgan fingerprint density at radius 1 is 1.14 bits per heavy atom. The van der Waals surface area contributed by atoms with Crippen molar-refractivity contribution in [1.82, 2.24) is 15.8 Å². The molecule has 0 saturated heterocycles. The van der Waals surface area contributed by atoms with Gasteiger partial charge >= 0.3 is 0 Å². The van der Waals surface area contributed by atoms with E-state index in [0.717, 1.165) is 12.2 Å². The molecule has 8 heteroatoms. The number of nitrogens with one attached hydrogen (secondary N) is 2. The molecule has 1 aromatic rings. The fraction of sp³-hybridized carbons (Fsp3) is 0.667. The molecular weight excluding hydrogens is 447 g/mol. The molecule has 1 amide bonds. The van der Waals surface area contributed by atoms with Gasteiger partial charge in [0.15, 0.2) is 5.78 Å². The fourth-order valence-electron chi connectivity index (χ4n) is 3.86. The number of halogens is 1. The summed E-state index contributed by atoms with van der Waals surface area (Å²) < 4.78 is 18.8. The number of ether oxygens (including phenoxy) is 1. The molecular formula is C27H45FN4O3. The molecule has 0 saturated carbocycles. The van der Waals surface area contributed by atoms with Crippen molar-refractivity contribution in [2.24, 2.45) is 10.9 Å². The van der Waals surface area contributed by atoms with Gasteiger partial charge in [-0.05, 0) is 64.2 Å². The Bertz CT molecular complexity index is 791. The number of carbonyl (C=O) groups is 2. The van der Waals surface area contributed by atoms with Crippen LogP contribution in [0.15, 0.2) is 29.3 Å². The summed E-state index contributed by atoms with van der Waals surface area (Å²) in [6.45, 7) is 12.9. The third kappa shape index (κ3) is 12.8. The smallest absolute Gasteiger partial charge is 0.219 e. The van der Waals surface area contributed by atoms with Crippen LogP contribution < -0.4 is 15.6 Å². The normalized spacial score (nSPS) is 13.7. The average Bonchev–Trinajstić information content (AvgIpc) is 2.77. The Hall–Kier alpha value is -2.32. The number of nitrogens with zero attached hydrogens (tertiary/aromatic N) is 2. The van der Waals surface area contributed by atoms with Crippen LogP contribution in [0.25, 0.3) is 0 Å². The highest BCUT2D eigenvalue weighted by molar-refractivity contribution is 5.85. The van der Waals surface area contributed by atoms with E-state index >= 15 is 0 Å². The zero-order valence-electron chi connectivity index (χ0n) is 22.6. The molecule has 7 nitrogen and oxygen atoms in total. The molecule has 0 aromatic heterocycles. The summed E-state index contributed by atoms with van der Waals surface area (Å²) in [6.07, 6.45) is 4.53. The Kier molecular flexibility index (Phi) is 13.7. The first kappa shape index (κ1) is 30.7. The summed E-state index contributed by atoms with van der Waals surface area (Å²) in [5.74, 6) is 0.382. The first-order chi connectivity index (χ1) is 16.5. The topological polar surface area (TPSA) is 83.0 Å². The number of aliphatic imine (C=N–C) groups is 1. The van der Waals surface area contributed by atoms with Gasteiger partial charge in [0.2, 0.25) is 5.91 Å². The molecule has 0 aliphatic heterocycles. The van der Waals surface area contributed by atoms with E-state index in [9.17, 15) is 14.1 Å². The van der Waals surface area contributed by atoms with Crippen LogP contribution in [0, 0.1) is 5.92 Å². The molecule has 2 atom stereocenters. The van der Waals surface area contributed by atoms with Gasteiger partial charge in [0.05, 0.1) is 12.6 Å². The third-order valence-electron chi connectivity index (χ3n) is 5.62. The molecule has 0 fully saturated rings. The van der Waals surface area contributed by atoms with E-state index in [4.69, 9.17) is 4.74 Å². The van der Waals surface area contributed by atoms with E-state index < -0.39 is 6.04 Å². The monoisotopic (exact) mass is 492 g/mol. The fourth-order valence-corrected chi connectivity index (χ4v) is 3.86. The van der Waals surface area contributed by atoms with Crippen molar-refractivity contribution in [3.63, 3.8) is 0 Å². The van der Waals surface area contributed by atoms with Crippen molar-refractivity contribution in [3.8, 4) is 5.75 Å². The predicted molar refractivity (Wildman–Crippen MR) is 141 cm³/mol. The van der Waals surface area contributed by atoms with Crippen LogP contribution in [0.1, 0.15) is 66.4 Å². The highest BCUT2D eigenvalue weighted by Gasteiger charge is 2.21. The maximum Gasteiger partial charge on any atom is 0.219 e. The quantitative estimate of drug-likeness (QED) is 0.206. The van der Waals surface area contributed by atoms with E-state index in [-0.39, 0.29) is 29.2 Å². The number of amides is 1. The molecule has 0 aliphatic rings. The van der Waals surface area contributed by atoms with Crippen molar-refractivity contribution in [2.75, 3.05) is 26.7 Å². The van der Waals surface area contributed by atoms with Crippen molar-refractivity contribution < 1.29 is 18.8 Å². The van der Waals surface area contributed by atoms with Crippen molar-refractivity contribution in [2.45, 2.75) is 84.8 Å². The maximum absolute atomic E-state index is 12.9. The van der Waals surface area contributed by atoms with E-state index in [2.05, 4.69) is 31.1 Å². The van der Waals surface area contributed by atoms with Crippen LogP contribution in [0.5, 0.6) is 5.75 Å². The predicted octanol–water partition coefficient (Wildman–Crippen LogP) is 4.15. The second-order valence-corrected chi connectivity index (χ2v) is 10.3. The summed E-state index contributed by atoms with van der Waals surface area (Å²) in [4.78, 5) is 29.9. The minimum absolute atomic E-state index is 0.00511. The van der Waals surface area contributed by atoms with Gasteiger partial charge in [-0.3, -0.25) is 14.6 Å². The van der Waals surface area contributed by atoms with Crippen molar-refractivity contribution in [3.05, 3.63) is 29.8 Å². The lowest BCUT2D eigenvalue weighted by atomic mass is 9.98. The summed E-state index contributed by atoms with van der Waals surface area (Å²) in [5, 5.41) is 3.56. The van der Waals surface area contributed by atoms with Crippen LogP contribution in [0.2, 0.25) is 0 Å². The molecule has 1 aromatic carbocycles. The molecule has 2 unspecified atom stereocenters. The lowest BCUT2D eigenvalue weighted by Gasteiger charge is -2.26.